The first-order chi connectivity index (χ1) is 21.7. The quantitative estimate of drug-likeness (QED) is 0.130. The van der Waals surface area contributed by atoms with Crippen LogP contribution in [0.25, 0.3) is 16.8 Å². The first-order valence-corrected chi connectivity index (χ1v) is 15.3. The Morgan fingerprint density at radius 3 is 2.42 bits per heavy atom. The lowest BCUT2D eigenvalue weighted by Gasteiger charge is -2.12. The molecule has 1 fully saturated rings. The van der Waals surface area contributed by atoms with E-state index in [4.69, 9.17) is 9.47 Å². The van der Waals surface area contributed by atoms with E-state index in [1.54, 1.807) is 43.3 Å². The molecule has 0 spiro atoms. The third-order valence-electron chi connectivity index (χ3n) is 7.14. The van der Waals surface area contributed by atoms with Gasteiger partial charge in [-0.15, -0.1) is 0 Å². The molecule has 5 rings (SSSR count). The first kappa shape index (κ1) is 31.5. The standard InChI is InChI=1S/C35H31FN2O6S/c1-3-7-28(33(40)41)27-15-14-26(19-29(27)36)37-35-38-32(39)31(45-35)18-25-16-23-8-5-6-9-24(23)17-30(25)44-20-21-10-12-22(13-11-21)34(42)43-4-2/h5-6,8-19,28H,3-4,7,20H2,1-2H3,(H,40,41)(H,37,38,39)/b31-18-. The smallest absolute Gasteiger partial charge is 0.338 e. The van der Waals surface area contributed by atoms with Gasteiger partial charge in [0.1, 0.15) is 18.2 Å². The summed E-state index contributed by atoms with van der Waals surface area (Å²) in [5.41, 5.74) is 2.35. The van der Waals surface area contributed by atoms with Crippen LogP contribution in [0, 0.1) is 5.82 Å². The fraction of sp³-hybridized carbons (Fsp3) is 0.200. The number of aliphatic imine (C=N–C) groups is 1. The molecule has 8 nitrogen and oxygen atoms in total. The molecule has 4 aromatic rings. The van der Waals surface area contributed by atoms with Crippen LogP contribution in [0.3, 0.4) is 0 Å². The first-order valence-electron chi connectivity index (χ1n) is 14.5. The average Bonchev–Trinajstić information content (AvgIpc) is 3.37. The molecular weight excluding hydrogens is 595 g/mol. The molecule has 0 bridgehead atoms. The molecule has 10 heteroatoms. The van der Waals surface area contributed by atoms with E-state index in [9.17, 15) is 23.9 Å². The monoisotopic (exact) mass is 626 g/mol. The Bertz CT molecular complexity index is 1820. The fourth-order valence-electron chi connectivity index (χ4n) is 4.90. The minimum absolute atomic E-state index is 0.107. The van der Waals surface area contributed by atoms with E-state index in [1.165, 1.54) is 12.1 Å². The summed E-state index contributed by atoms with van der Waals surface area (Å²) in [7, 11) is 0. The van der Waals surface area contributed by atoms with Gasteiger partial charge in [0.25, 0.3) is 5.91 Å². The van der Waals surface area contributed by atoms with Crippen molar-refractivity contribution in [3.63, 3.8) is 0 Å². The predicted octanol–water partition coefficient (Wildman–Crippen LogP) is 7.59. The van der Waals surface area contributed by atoms with Gasteiger partial charge in [0.2, 0.25) is 0 Å². The summed E-state index contributed by atoms with van der Waals surface area (Å²) in [6.45, 7) is 4.13. The normalized spacial score (nSPS) is 15.3. The lowest BCUT2D eigenvalue weighted by Crippen LogP contribution is -2.19. The molecule has 45 heavy (non-hydrogen) atoms. The van der Waals surface area contributed by atoms with E-state index in [1.807, 2.05) is 43.3 Å². The van der Waals surface area contributed by atoms with Crippen LogP contribution < -0.4 is 10.1 Å². The lowest BCUT2D eigenvalue weighted by atomic mass is 9.94. The molecule has 1 atom stereocenters. The third-order valence-corrected chi connectivity index (χ3v) is 8.05. The number of fused-ring (bicyclic) bond motifs is 1. The Balaban J connectivity index is 1.38. The number of amides is 1. The molecule has 0 saturated carbocycles. The van der Waals surface area contributed by atoms with E-state index in [-0.39, 0.29) is 34.9 Å². The number of hydrogen-bond acceptors (Lipinski definition) is 7. The lowest BCUT2D eigenvalue weighted by molar-refractivity contribution is -0.139. The number of benzene rings is 4. The molecule has 0 aliphatic carbocycles. The van der Waals surface area contributed by atoms with Crippen LogP contribution in [-0.2, 0) is 20.9 Å². The number of carbonyl (C=O) groups is 3. The predicted molar refractivity (Wildman–Crippen MR) is 173 cm³/mol. The zero-order valence-corrected chi connectivity index (χ0v) is 25.5. The Kier molecular flexibility index (Phi) is 9.94. The number of carboxylic acid groups (broad SMARTS) is 1. The highest BCUT2D eigenvalue weighted by atomic mass is 32.2. The molecule has 2 N–H and O–H groups in total. The molecule has 1 unspecified atom stereocenters. The van der Waals surface area contributed by atoms with E-state index in [0.717, 1.165) is 28.1 Å². The van der Waals surface area contributed by atoms with Crippen LogP contribution >= 0.6 is 11.8 Å². The summed E-state index contributed by atoms with van der Waals surface area (Å²) in [6.07, 6.45) is 2.65. The van der Waals surface area contributed by atoms with Gasteiger partial charge in [-0.3, -0.25) is 9.59 Å². The van der Waals surface area contributed by atoms with Gasteiger partial charge in [-0.2, -0.15) is 0 Å². The van der Waals surface area contributed by atoms with Crippen molar-refractivity contribution in [3.05, 3.63) is 112 Å². The number of carbonyl (C=O) groups excluding carboxylic acids is 2. The molecule has 1 aliphatic rings. The van der Waals surface area contributed by atoms with Crippen molar-refractivity contribution in [1.82, 2.24) is 5.32 Å². The number of rotatable bonds is 11. The number of nitrogens with zero attached hydrogens (tertiary/aromatic N) is 1. The van der Waals surface area contributed by atoms with Crippen LogP contribution in [0.5, 0.6) is 5.75 Å². The van der Waals surface area contributed by atoms with Gasteiger partial charge in [0.05, 0.1) is 28.7 Å². The van der Waals surface area contributed by atoms with Crippen molar-refractivity contribution in [2.45, 2.75) is 39.2 Å². The van der Waals surface area contributed by atoms with Gasteiger partial charge < -0.3 is 19.9 Å². The molecule has 1 amide bonds. The van der Waals surface area contributed by atoms with E-state index < -0.39 is 17.7 Å². The van der Waals surface area contributed by atoms with E-state index in [2.05, 4.69) is 10.3 Å². The summed E-state index contributed by atoms with van der Waals surface area (Å²) in [5, 5.41) is 14.4. The van der Waals surface area contributed by atoms with Crippen molar-refractivity contribution in [1.29, 1.82) is 0 Å². The molecule has 1 saturated heterocycles. The topological polar surface area (TPSA) is 114 Å². The van der Waals surface area contributed by atoms with Crippen LogP contribution in [0.15, 0.2) is 88.8 Å². The molecule has 0 radical (unpaired) electrons. The van der Waals surface area contributed by atoms with Crippen molar-refractivity contribution in [2.75, 3.05) is 6.61 Å². The molecule has 4 aromatic carbocycles. The van der Waals surface area contributed by atoms with Gasteiger partial charge in [-0.05, 0) is 83.9 Å². The summed E-state index contributed by atoms with van der Waals surface area (Å²) in [4.78, 5) is 41.3. The van der Waals surface area contributed by atoms with Crippen LogP contribution in [0.4, 0.5) is 10.1 Å². The minimum Gasteiger partial charge on any atom is -0.488 e. The highest BCUT2D eigenvalue weighted by Gasteiger charge is 2.26. The van der Waals surface area contributed by atoms with Gasteiger partial charge >= 0.3 is 11.9 Å². The fourth-order valence-corrected chi connectivity index (χ4v) is 5.73. The van der Waals surface area contributed by atoms with Gasteiger partial charge in [0, 0.05) is 11.1 Å². The Labute approximate surface area is 264 Å². The molecular formula is C35H31FN2O6S. The second-order valence-corrected chi connectivity index (χ2v) is 11.3. The summed E-state index contributed by atoms with van der Waals surface area (Å²) in [6, 6.07) is 22.8. The number of halogens is 1. The Morgan fingerprint density at radius 1 is 1.02 bits per heavy atom. The number of nitrogens with one attached hydrogen (secondary N) is 1. The Hall–Kier alpha value is -4.96. The number of aliphatic carboxylic acids is 1. The maximum Gasteiger partial charge on any atom is 0.338 e. The molecule has 1 aliphatic heterocycles. The van der Waals surface area contributed by atoms with Gasteiger partial charge in [-0.25, -0.2) is 14.2 Å². The van der Waals surface area contributed by atoms with Crippen LogP contribution in [0.1, 0.15) is 59.7 Å². The third kappa shape index (κ3) is 7.58. The van der Waals surface area contributed by atoms with E-state index >= 15 is 0 Å². The number of ether oxygens (including phenoxy) is 2. The van der Waals surface area contributed by atoms with Crippen molar-refractivity contribution in [2.24, 2.45) is 4.99 Å². The average molecular weight is 627 g/mol. The number of carboxylic acids is 1. The molecule has 1 heterocycles. The molecule has 230 valence electrons. The largest absolute Gasteiger partial charge is 0.488 e. The second kappa shape index (κ2) is 14.2. The summed E-state index contributed by atoms with van der Waals surface area (Å²) >= 11 is 1.11. The zero-order valence-electron chi connectivity index (χ0n) is 24.7. The number of hydrogen-bond donors (Lipinski definition) is 2. The van der Waals surface area contributed by atoms with Crippen molar-refractivity contribution < 1.29 is 33.4 Å². The zero-order chi connectivity index (χ0) is 31.9. The summed E-state index contributed by atoms with van der Waals surface area (Å²) in [5.74, 6) is -2.85. The van der Waals surface area contributed by atoms with E-state index in [0.29, 0.717) is 41.2 Å². The van der Waals surface area contributed by atoms with Crippen molar-refractivity contribution in [3.8, 4) is 5.75 Å². The van der Waals surface area contributed by atoms with Gasteiger partial charge in [0.15, 0.2) is 5.17 Å². The maximum absolute atomic E-state index is 14.9. The SMILES string of the molecule is CCCC(C(=O)O)c1ccc(N=C2NC(=O)/C(=C/c3cc4ccccc4cc3OCc3ccc(C(=O)OCC)cc3)S2)cc1F. The summed E-state index contributed by atoms with van der Waals surface area (Å²) < 4.78 is 26.1. The second-order valence-electron chi connectivity index (χ2n) is 10.3. The number of esters is 1. The minimum atomic E-state index is -1.08. The van der Waals surface area contributed by atoms with Crippen LogP contribution in [0.2, 0.25) is 0 Å². The van der Waals surface area contributed by atoms with Crippen molar-refractivity contribution >= 4 is 57.3 Å². The Morgan fingerprint density at radius 2 is 1.76 bits per heavy atom. The highest BCUT2D eigenvalue weighted by Crippen LogP contribution is 2.34. The van der Waals surface area contributed by atoms with Crippen LogP contribution in [-0.4, -0.2) is 34.7 Å². The highest BCUT2D eigenvalue weighted by molar-refractivity contribution is 8.18. The number of amidine groups is 1. The van der Waals surface area contributed by atoms with Gasteiger partial charge in [-0.1, -0.05) is 55.8 Å². The maximum atomic E-state index is 14.9. The number of thioether (sulfide) groups is 1. The molecule has 0 aromatic heterocycles.